The summed E-state index contributed by atoms with van der Waals surface area (Å²) in [5.74, 6) is -0.366. The predicted molar refractivity (Wildman–Crippen MR) is 55.8 cm³/mol. The molecule has 2 heterocycles. The fourth-order valence-electron chi connectivity index (χ4n) is 2.24. The molecule has 15 heavy (non-hydrogen) atoms. The molecule has 0 radical (unpaired) electrons. The lowest BCUT2D eigenvalue weighted by atomic mass is 9.99. The average molecular weight is 207 g/mol. The van der Waals surface area contributed by atoms with Crippen LogP contribution in [-0.2, 0) is 9.47 Å². The first-order valence-corrected chi connectivity index (χ1v) is 5.71. The summed E-state index contributed by atoms with van der Waals surface area (Å²) >= 11 is 0. The monoisotopic (exact) mass is 207 g/mol. The van der Waals surface area contributed by atoms with E-state index in [1.165, 1.54) is 6.42 Å². The van der Waals surface area contributed by atoms with Crippen molar-refractivity contribution in [3.05, 3.63) is 11.8 Å². The second-order valence-electron chi connectivity index (χ2n) is 4.30. The largest absolute Gasteiger partial charge is 0.470 e. The molecule has 0 aromatic carbocycles. The van der Waals surface area contributed by atoms with Gasteiger partial charge in [-0.15, -0.1) is 0 Å². The molecule has 1 unspecified atom stereocenters. The van der Waals surface area contributed by atoms with Gasteiger partial charge in [0.2, 0.25) is 5.79 Å². The summed E-state index contributed by atoms with van der Waals surface area (Å²) in [7, 11) is 0. The molecule has 0 aromatic heterocycles. The van der Waals surface area contributed by atoms with Gasteiger partial charge in [0, 0.05) is 12.8 Å². The molecule has 0 saturated carbocycles. The van der Waals surface area contributed by atoms with Crippen LogP contribution in [0.5, 0.6) is 0 Å². The van der Waals surface area contributed by atoms with Gasteiger partial charge in [-0.2, -0.15) is 5.26 Å². The van der Waals surface area contributed by atoms with E-state index in [2.05, 4.69) is 6.07 Å². The lowest BCUT2D eigenvalue weighted by Gasteiger charge is -2.35. The number of hydrogen-bond acceptors (Lipinski definition) is 3. The Morgan fingerprint density at radius 1 is 1.33 bits per heavy atom. The van der Waals surface area contributed by atoms with Crippen molar-refractivity contribution >= 4 is 0 Å². The average Bonchev–Trinajstić information content (AvgIpc) is 2.44. The zero-order chi connectivity index (χ0) is 10.6. The smallest absolute Gasteiger partial charge is 0.209 e. The van der Waals surface area contributed by atoms with Crippen LogP contribution in [0.1, 0.15) is 44.9 Å². The Hall–Kier alpha value is -1.01. The molecule has 0 N–H and O–H groups in total. The van der Waals surface area contributed by atoms with E-state index in [1.54, 1.807) is 6.26 Å². The van der Waals surface area contributed by atoms with Crippen LogP contribution in [0.25, 0.3) is 0 Å². The zero-order valence-electron chi connectivity index (χ0n) is 9.00. The lowest BCUT2D eigenvalue weighted by molar-refractivity contribution is -0.230. The van der Waals surface area contributed by atoms with Crippen LogP contribution in [0.15, 0.2) is 11.8 Å². The fourth-order valence-corrected chi connectivity index (χ4v) is 2.24. The minimum absolute atomic E-state index is 0.366. The van der Waals surface area contributed by atoms with Crippen LogP contribution in [-0.4, -0.2) is 12.4 Å². The van der Waals surface area contributed by atoms with Crippen molar-refractivity contribution < 1.29 is 9.47 Å². The van der Waals surface area contributed by atoms with Crippen molar-refractivity contribution in [2.75, 3.05) is 6.61 Å². The number of hydrogen-bond donors (Lipinski definition) is 0. The van der Waals surface area contributed by atoms with Crippen LogP contribution >= 0.6 is 0 Å². The molecule has 1 saturated heterocycles. The quantitative estimate of drug-likeness (QED) is 0.664. The summed E-state index contributed by atoms with van der Waals surface area (Å²) in [6.07, 6.45) is 8.55. The van der Waals surface area contributed by atoms with Crippen LogP contribution in [0.3, 0.4) is 0 Å². The maximum Gasteiger partial charge on any atom is 0.209 e. The molecular formula is C12H17NO2. The molecule has 0 bridgehead atoms. The van der Waals surface area contributed by atoms with Gasteiger partial charge in [-0.25, -0.2) is 0 Å². The minimum atomic E-state index is -0.366. The molecule has 2 aliphatic heterocycles. The molecule has 1 atom stereocenters. The molecule has 2 aliphatic rings. The first-order chi connectivity index (χ1) is 7.35. The number of rotatable bonds is 1. The molecule has 0 amide bonds. The minimum Gasteiger partial charge on any atom is -0.470 e. The van der Waals surface area contributed by atoms with Gasteiger partial charge < -0.3 is 9.47 Å². The van der Waals surface area contributed by atoms with E-state index in [0.29, 0.717) is 6.42 Å². The van der Waals surface area contributed by atoms with Crippen LogP contribution in [0.4, 0.5) is 0 Å². The first kappa shape index (κ1) is 10.5. The van der Waals surface area contributed by atoms with Crippen LogP contribution in [0.2, 0.25) is 0 Å². The Morgan fingerprint density at radius 2 is 2.20 bits per heavy atom. The third-order valence-electron chi connectivity index (χ3n) is 3.12. The topological polar surface area (TPSA) is 42.2 Å². The van der Waals surface area contributed by atoms with E-state index in [1.807, 2.05) is 0 Å². The predicted octanol–water partition coefficient (Wildman–Crippen LogP) is 2.88. The summed E-state index contributed by atoms with van der Waals surface area (Å²) in [6.45, 7) is 0.807. The van der Waals surface area contributed by atoms with Crippen LogP contribution < -0.4 is 0 Å². The molecule has 0 aromatic rings. The molecule has 2 rings (SSSR count). The highest BCUT2D eigenvalue weighted by molar-refractivity contribution is 5.07. The molecule has 82 valence electrons. The normalized spacial score (nSPS) is 31.3. The molecule has 1 spiro atoms. The third-order valence-corrected chi connectivity index (χ3v) is 3.12. The Balaban J connectivity index is 2.01. The second-order valence-corrected chi connectivity index (χ2v) is 4.30. The first-order valence-electron chi connectivity index (χ1n) is 5.71. The fraction of sp³-hybridized carbons (Fsp3) is 0.750. The van der Waals surface area contributed by atoms with Crippen molar-refractivity contribution in [1.29, 1.82) is 5.26 Å². The number of allylic oxidation sites excluding steroid dienone is 1. The van der Waals surface area contributed by atoms with Crippen molar-refractivity contribution in [3.8, 4) is 6.07 Å². The van der Waals surface area contributed by atoms with Gasteiger partial charge in [-0.1, -0.05) is 0 Å². The zero-order valence-corrected chi connectivity index (χ0v) is 9.00. The Labute approximate surface area is 90.7 Å². The third kappa shape index (κ3) is 2.51. The summed E-state index contributed by atoms with van der Waals surface area (Å²) in [5.41, 5.74) is 1.10. The van der Waals surface area contributed by atoms with Gasteiger partial charge in [0.05, 0.1) is 25.4 Å². The Kier molecular flexibility index (Phi) is 3.27. The highest BCUT2D eigenvalue weighted by atomic mass is 16.7. The lowest BCUT2D eigenvalue weighted by Crippen LogP contribution is -2.37. The van der Waals surface area contributed by atoms with Gasteiger partial charge in [0.15, 0.2) is 0 Å². The highest BCUT2D eigenvalue weighted by Gasteiger charge is 2.35. The molecule has 1 fully saturated rings. The maximum absolute atomic E-state index is 8.63. The maximum atomic E-state index is 8.63. The van der Waals surface area contributed by atoms with E-state index < -0.39 is 0 Å². The Morgan fingerprint density at radius 3 is 2.93 bits per heavy atom. The van der Waals surface area contributed by atoms with Crippen molar-refractivity contribution in [3.63, 3.8) is 0 Å². The summed E-state index contributed by atoms with van der Waals surface area (Å²) in [5, 5.41) is 8.63. The van der Waals surface area contributed by atoms with E-state index in [0.717, 1.165) is 44.3 Å². The van der Waals surface area contributed by atoms with Crippen LogP contribution in [0, 0.1) is 11.3 Å². The van der Waals surface area contributed by atoms with Gasteiger partial charge in [-0.05, 0) is 31.3 Å². The highest BCUT2D eigenvalue weighted by Crippen LogP contribution is 2.35. The summed E-state index contributed by atoms with van der Waals surface area (Å²) in [6, 6.07) is 2.17. The van der Waals surface area contributed by atoms with Gasteiger partial charge in [-0.3, -0.25) is 0 Å². The van der Waals surface area contributed by atoms with Crippen molar-refractivity contribution in [1.82, 2.24) is 0 Å². The van der Waals surface area contributed by atoms with E-state index >= 15 is 0 Å². The molecular weight excluding hydrogens is 190 g/mol. The summed E-state index contributed by atoms with van der Waals surface area (Å²) < 4.78 is 11.5. The van der Waals surface area contributed by atoms with E-state index in [9.17, 15) is 0 Å². The number of nitriles is 1. The standard InChI is InChI=1S/C12H17NO2/c13-8-5-11-4-3-7-12(15-10-11)6-1-2-9-14-12/h10H,1-7,9H2. The van der Waals surface area contributed by atoms with E-state index in [4.69, 9.17) is 14.7 Å². The van der Waals surface area contributed by atoms with E-state index in [-0.39, 0.29) is 5.79 Å². The number of ether oxygens (including phenoxy) is 2. The molecule has 0 aliphatic carbocycles. The SMILES string of the molecule is N#CCC1=COC2(CCCCO2)CCC1. The van der Waals surface area contributed by atoms with Gasteiger partial charge >= 0.3 is 0 Å². The van der Waals surface area contributed by atoms with Gasteiger partial charge in [0.25, 0.3) is 0 Å². The summed E-state index contributed by atoms with van der Waals surface area (Å²) in [4.78, 5) is 0. The second kappa shape index (κ2) is 4.67. The molecule has 3 nitrogen and oxygen atoms in total. The van der Waals surface area contributed by atoms with Crippen molar-refractivity contribution in [2.45, 2.75) is 50.7 Å². The van der Waals surface area contributed by atoms with Gasteiger partial charge in [0.1, 0.15) is 0 Å². The molecule has 3 heteroatoms. The van der Waals surface area contributed by atoms with Crippen molar-refractivity contribution in [2.24, 2.45) is 0 Å². The Bertz CT molecular complexity index is 284. The number of nitrogens with zero attached hydrogens (tertiary/aromatic N) is 1.